The molecule has 2 aromatic rings. The third kappa shape index (κ3) is 4.37. The van der Waals surface area contributed by atoms with E-state index < -0.39 is 0 Å². The van der Waals surface area contributed by atoms with Gasteiger partial charge in [0.15, 0.2) is 0 Å². The Morgan fingerprint density at radius 2 is 2.15 bits per heavy atom. The molecule has 1 aliphatic rings. The SMILES string of the molecule is COc1cc(Cl)c(C)cc1NC(=O)C(C)SC1=Nc2ccccc2CS1. The van der Waals surface area contributed by atoms with Gasteiger partial charge in [-0.15, -0.1) is 0 Å². The van der Waals surface area contributed by atoms with Crippen LogP contribution in [0.1, 0.15) is 18.1 Å². The second-order valence-electron chi connectivity index (χ2n) is 5.85. The third-order valence-corrected chi connectivity index (χ3v) is 6.64. The van der Waals surface area contributed by atoms with Crippen LogP contribution in [0.2, 0.25) is 5.02 Å². The van der Waals surface area contributed by atoms with Crippen molar-refractivity contribution in [1.82, 2.24) is 0 Å². The lowest BCUT2D eigenvalue weighted by Gasteiger charge is -2.18. The van der Waals surface area contributed by atoms with Gasteiger partial charge >= 0.3 is 0 Å². The summed E-state index contributed by atoms with van der Waals surface area (Å²) in [6.07, 6.45) is 0. The van der Waals surface area contributed by atoms with Crippen LogP contribution in [0.4, 0.5) is 11.4 Å². The van der Waals surface area contributed by atoms with Crippen molar-refractivity contribution in [3.05, 3.63) is 52.5 Å². The zero-order valence-electron chi connectivity index (χ0n) is 14.7. The van der Waals surface area contributed by atoms with Gasteiger partial charge in [0, 0.05) is 16.8 Å². The van der Waals surface area contributed by atoms with Crippen molar-refractivity contribution < 1.29 is 9.53 Å². The maximum atomic E-state index is 12.6. The summed E-state index contributed by atoms with van der Waals surface area (Å²) in [5, 5.41) is 3.25. The number of thioether (sulfide) groups is 2. The minimum absolute atomic E-state index is 0.0998. The van der Waals surface area contributed by atoms with Crippen LogP contribution in [-0.4, -0.2) is 22.6 Å². The number of para-hydroxylation sites is 1. The van der Waals surface area contributed by atoms with Gasteiger partial charge in [0.1, 0.15) is 10.1 Å². The maximum Gasteiger partial charge on any atom is 0.237 e. The Morgan fingerprint density at radius 3 is 2.92 bits per heavy atom. The van der Waals surface area contributed by atoms with E-state index in [2.05, 4.69) is 16.4 Å². The summed E-state index contributed by atoms with van der Waals surface area (Å²) in [4.78, 5) is 17.3. The second kappa shape index (κ2) is 8.37. The molecule has 0 saturated heterocycles. The number of hydrogen-bond donors (Lipinski definition) is 1. The fourth-order valence-electron chi connectivity index (χ4n) is 2.44. The molecule has 0 radical (unpaired) electrons. The molecule has 1 atom stereocenters. The van der Waals surface area contributed by atoms with E-state index in [1.165, 1.54) is 17.3 Å². The molecule has 2 aromatic carbocycles. The number of benzene rings is 2. The number of carbonyl (C=O) groups is 1. The highest BCUT2D eigenvalue weighted by atomic mass is 35.5. The normalized spacial score (nSPS) is 14.2. The predicted molar refractivity (Wildman–Crippen MR) is 113 cm³/mol. The molecule has 1 aliphatic heterocycles. The predicted octanol–water partition coefficient (Wildman–Crippen LogP) is 5.65. The minimum Gasteiger partial charge on any atom is -0.495 e. The van der Waals surface area contributed by atoms with Crippen molar-refractivity contribution in [2.75, 3.05) is 12.4 Å². The first-order chi connectivity index (χ1) is 12.5. The van der Waals surface area contributed by atoms with E-state index in [9.17, 15) is 4.79 Å². The molecule has 0 saturated carbocycles. The van der Waals surface area contributed by atoms with Crippen LogP contribution in [0.25, 0.3) is 0 Å². The van der Waals surface area contributed by atoms with Crippen LogP contribution in [0, 0.1) is 6.92 Å². The van der Waals surface area contributed by atoms with E-state index in [4.69, 9.17) is 16.3 Å². The van der Waals surface area contributed by atoms with Gasteiger partial charge in [-0.25, -0.2) is 4.99 Å². The number of carbonyl (C=O) groups excluding carboxylic acids is 1. The number of aliphatic imine (C=N–C) groups is 1. The molecular weight excluding hydrogens is 388 g/mol. The lowest BCUT2D eigenvalue weighted by molar-refractivity contribution is -0.115. The van der Waals surface area contributed by atoms with Crippen LogP contribution in [0.15, 0.2) is 41.4 Å². The molecule has 0 fully saturated rings. The number of nitrogens with one attached hydrogen (secondary N) is 1. The molecule has 7 heteroatoms. The number of hydrogen-bond acceptors (Lipinski definition) is 5. The Balaban J connectivity index is 1.70. The Morgan fingerprint density at radius 1 is 1.38 bits per heavy atom. The highest BCUT2D eigenvalue weighted by Gasteiger charge is 2.21. The Labute approximate surface area is 166 Å². The molecule has 0 spiro atoms. The van der Waals surface area contributed by atoms with Gasteiger partial charge in [-0.05, 0) is 37.1 Å². The minimum atomic E-state index is -0.285. The van der Waals surface area contributed by atoms with Crippen molar-refractivity contribution in [2.24, 2.45) is 4.99 Å². The Hall–Kier alpha value is -1.63. The monoisotopic (exact) mass is 406 g/mol. The van der Waals surface area contributed by atoms with Gasteiger partial charge in [0.2, 0.25) is 5.91 Å². The third-order valence-electron chi connectivity index (χ3n) is 3.94. The van der Waals surface area contributed by atoms with Gasteiger partial charge in [0.05, 0.1) is 23.7 Å². The standard InChI is InChI=1S/C19H19ClN2O2S2/c1-11-8-16(17(24-3)9-14(11)20)21-18(23)12(2)26-19-22-15-7-5-4-6-13(15)10-25-19/h4-9,12H,10H2,1-3H3,(H,21,23). The molecule has 0 bridgehead atoms. The van der Waals surface area contributed by atoms with E-state index >= 15 is 0 Å². The number of fused-ring (bicyclic) bond motifs is 1. The number of ether oxygens (including phenoxy) is 1. The van der Waals surface area contributed by atoms with E-state index in [0.717, 1.165) is 21.4 Å². The summed E-state index contributed by atoms with van der Waals surface area (Å²) in [5.74, 6) is 1.32. The number of anilines is 1. The number of aryl methyl sites for hydroxylation is 1. The zero-order chi connectivity index (χ0) is 18.7. The first kappa shape index (κ1) is 19.1. The number of halogens is 1. The molecule has 1 amide bonds. The van der Waals surface area contributed by atoms with Gasteiger partial charge in [-0.1, -0.05) is 53.3 Å². The molecular formula is C19H19ClN2O2S2. The highest BCUT2D eigenvalue weighted by molar-refractivity contribution is 8.39. The van der Waals surface area contributed by atoms with E-state index in [-0.39, 0.29) is 11.2 Å². The van der Waals surface area contributed by atoms with Gasteiger partial charge in [-0.3, -0.25) is 4.79 Å². The number of amides is 1. The number of rotatable bonds is 4. The van der Waals surface area contributed by atoms with Gasteiger partial charge in [-0.2, -0.15) is 0 Å². The summed E-state index contributed by atoms with van der Waals surface area (Å²) in [6, 6.07) is 11.6. The molecule has 136 valence electrons. The molecule has 1 N–H and O–H groups in total. The van der Waals surface area contributed by atoms with Crippen LogP contribution in [0.3, 0.4) is 0 Å². The fourth-order valence-corrected chi connectivity index (χ4v) is 4.78. The summed E-state index contributed by atoms with van der Waals surface area (Å²) in [7, 11) is 1.56. The van der Waals surface area contributed by atoms with E-state index in [0.29, 0.717) is 16.5 Å². The largest absolute Gasteiger partial charge is 0.495 e. The number of methoxy groups -OCH3 is 1. The molecule has 0 aliphatic carbocycles. The van der Waals surface area contributed by atoms with Crippen molar-refractivity contribution in [1.29, 1.82) is 0 Å². The summed E-state index contributed by atoms with van der Waals surface area (Å²) >= 11 is 9.25. The quantitative estimate of drug-likeness (QED) is 0.712. The molecule has 26 heavy (non-hydrogen) atoms. The van der Waals surface area contributed by atoms with Crippen LogP contribution < -0.4 is 10.1 Å². The molecule has 1 heterocycles. The smallest absolute Gasteiger partial charge is 0.237 e. The topological polar surface area (TPSA) is 50.7 Å². The van der Waals surface area contributed by atoms with Crippen LogP contribution >= 0.6 is 35.1 Å². The van der Waals surface area contributed by atoms with Gasteiger partial charge < -0.3 is 10.1 Å². The summed E-state index contributed by atoms with van der Waals surface area (Å²) in [6.45, 7) is 3.76. The maximum absolute atomic E-state index is 12.6. The molecule has 1 unspecified atom stereocenters. The lowest BCUT2D eigenvalue weighted by Crippen LogP contribution is -2.24. The van der Waals surface area contributed by atoms with Crippen molar-refractivity contribution in [3.8, 4) is 5.75 Å². The molecule has 0 aromatic heterocycles. The zero-order valence-corrected chi connectivity index (χ0v) is 17.1. The molecule has 3 rings (SSSR count). The molecule has 4 nitrogen and oxygen atoms in total. The average molecular weight is 407 g/mol. The highest BCUT2D eigenvalue weighted by Crippen LogP contribution is 2.36. The first-order valence-electron chi connectivity index (χ1n) is 8.09. The Bertz CT molecular complexity index is 871. The number of nitrogens with zero attached hydrogens (tertiary/aromatic N) is 1. The Kier molecular flexibility index (Phi) is 6.16. The lowest BCUT2D eigenvalue weighted by atomic mass is 10.2. The summed E-state index contributed by atoms with van der Waals surface area (Å²) in [5.41, 5.74) is 3.71. The average Bonchev–Trinajstić information content (AvgIpc) is 2.64. The fraction of sp³-hybridized carbons (Fsp3) is 0.263. The second-order valence-corrected chi connectivity index (χ2v) is 8.81. The van der Waals surface area contributed by atoms with Crippen LogP contribution in [-0.2, 0) is 10.5 Å². The van der Waals surface area contributed by atoms with Crippen molar-refractivity contribution in [3.63, 3.8) is 0 Å². The van der Waals surface area contributed by atoms with Crippen LogP contribution in [0.5, 0.6) is 5.75 Å². The van der Waals surface area contributed by atoms with Gasteiger partial charge in [0.25, 0.3) is 0 Å². The van der Waals surface area contributed by atoms with E-state index in [1.807, 2.05) is 38.1 Å². The van der Waals surface area contributed by atoms with E-state index in [1.54, 1.807) is 24.9 Å². The van der Waals surface area contributed by atoms with Crippen molar-refractivity contribution >= 4 is 56.8 Å². The summed E-state index contributed by atoms with van der Waals surface area (Å²) < 4.78 is 6.22. The first-order valence-corrected chi connectivity index (χ1v) is 10.3. The van der Waals surface area contributed by atoms with Crippen molar-refractivity contribution in [2.45, 2.75) is 24.9 Å².